The van der Waals surface area contributed by atoms with Gasteiger partial charge in [-0.05, 0) is 18.2 Å². The van der Waals surface area contributed by atoms with Crippen molar-refractivity contribution in [1.29, 1.82) is 0 Å². The van der Waals surface area contributed by atoms with Crippen LogP contribution in [-0.2, 0) is 7.05 Å². The first-order valence-corrected chi connectivity index (χ1v) is 4.61. The van der Waals surface area contributed by atoms with E-state index in [4.69, 9.17) is 5.73 Å². The van der Waals surface area contributed by atoms with Crippen LogP contribution in [0.1, 0.15) is 10.4 Å². The molecule has 1 aromatic heterocycles. The highest BCUT2D eigenvalue weighted by molar-refractivity contribution is 6.08. The van der Waals surface area contributed by atoms with Crippen molar-refractivity contribution in [2.24, 2.45) is 12.8 Å². The summed E-state index contributed by atoms with van der Waals surface area (Å²) in [4.78, 5) is 11.5. The van der Waals surface area contributed by atoms with Crippen molar-refractivity contribution in [1.82, 2.24) is 4.57 Å². The van der Waals surface area contributed by atoms with E-state index in [-0.39, 0.29) is 18.1 Å². The molecule has 2 N–H and O–H groups in total. The SMILES string of the molecule is Cn1cc(C(=O)CN)c2cc(F)ccc21. The Bertz CT molecular complexity index is 531. The number of aryl methyl sites for hydroxylation is 1. The van der Waals surface area contributed by atoms with E-state index in [1.54, 1.807) is 16.8 Å². The number of hydrogen-bond donors (Lipinski definition) is 1. The summed E-state index contributed by atoms with van der Waals surface area (Å²) in [7, 11) is 1.81. The lowest BCUT2D eigenvalue weighted by Crippen LogP contribution is -2.13. The fourth-order valence-electron chi connectivity index (χ4n) is 1.70. The molecule has 1 aromatic carbocycles. The van der Waals surface area contributed by atoms with Gasteiger partial charge in [-0.3, -0.25) is 4.79 Å². The van der Waals surface area contributed by atoms with Gasteiger partial charge in [0.15, 0.2) is 5.78 Å². The molecular formula is C11H11FN2O. The van der Waals surface area contributed by atoms with E-state index < -0.39 is 0 Å². The molecule has 0 aliphatic heterocycles. The predicted molar refractivity (Wildman–Crippen MR) is 56.3 cm³/mol. The highest BCUT2D eigenvalue weighted by Gasteiger charge is 2.12. The minimum Gasteiger partial charge on any atom is -0.350 e. The van der Waals surface area contributed by atoms with Crippen LogP contribution in [0.4, 0.5) is 4.39 Å². The third-order valence-corrected chi connectivity index (χ3v) is 2.44. The third-order valence-electron chi connectivity index (χ3n) is 2.44. The second-order valence-corrected chi connectivity index (χ2v) is 3.44. The fraction of sp³-hybridized carbons (Fsp3) is 0.182. The molecule has 2 aromatic rings. The molecule has 0 saturated carbocycles. The van der Waals surface area contributed by atoms with Gasteiger partial charge in [0.25, 0.3) is 0 Å². The molecular weight excluding hydrogens is 195 g/mol. The highest BCUT2D eigenvalue weighted by Crippen LogP contribution is 2.21. The van der Waals surface area contributed by atoms with Gasteiger partial charge in [-0.1, -0.05) is 0 Å². The van der Waals surface area contributed by atoms with Crippen LogP contribution in [-0.4, -0.2) is 16.9 Å². The number of rotatable bonds is 2. The van der Waals surface area contributed by atoms with Gasteiger partial charge >= 0.3 is 0 Å². The minimum absolute atomic E-state index is 0.0599. The molecule has 0 spiro atoms. The van der Waals surface area contributed by atoms with E-state index in [2.05, 4.69) is 0 Å². The Morgan fingerprint density at radius 2 is 2.27 bits per heavy atom. The quantitative estimate of drug-likeness (QED) is 0.756. The van der Waals surface area contributed by atoms with Crippen molar-refractivity contribution in [2.75, 3.05) is 6.54 Å². The third kappa shape index (κ3) is 1.53. The molecule has 1 heterocycles. The van der Waals surface area contributed by atoms with Crippen molar-refractivity contribution in [3.63, 3.8) is 0 Å². The summed E-state index contributed by atoms with van der Waals surface area (Å²) in [6.07, 6.45) is 1.68. The van der Waals surface area contributed by atoms with Gasteiger partial charge < -0.3 is 10.3 Å². The first kappa shape index (κ1) is 9.86. The summed E-state index contributed by atoms with van der Waals surface area (Å²) >= 11 is 0. The monoisotopic (exact) mass is 206 g/mol. The Morgan fingerprint density at radius 3 is 2.93 bits per heavy atom. The van der Waals surface area contributed by atoms with Crippen LogP contribution in [0.25, 0.3) is 10.9 Å². The van der Waals surface area contributed by atoms with E-state index in [1.165, 1.54) is 12.1 Å². The minimum atomic E-state index is -0.347. The molecule has 0 radical (unpaired) electrons. The number of carbonyl (C=O) groups excluding carboxylic acids is 1. The van der Waals surface area contributed by atoms with Crippen LogP contribution in [0.2, 0.25) is 0 Å². The Morgan fingerprint density at radius 1 is 1.53 bits per heavy atom. The number of aromatic nitrogens is 1. The van der Waals surface area contributed by atoms with Gasteiger partial charge in [-0.2, -0.15) is 0 Å². The summed E-state index contributed by atoms with van der Waals surface area (Å²) in [5.41, 5.74) is 6.60. The van der Waals surface area contributed by atoms with Gasteiger partial charge in [0.05, 0.1) is 6.54 Å². The van der Waals surface area contributed by atoms with Gasteiger partial charge in [0.2, 0.25) is 0 Å². The lowest BCUT2D eigenvalue weighted by atomic mass is 10.1. The highest BCUT2D eigenvalue weighted by atomic mass is 19.1. The molecule has 0 aliphatic rings. The van der Waals surface area contributed by atoms with E-state index >= 15 is 0 Å². The van der Waals surface area contributed by atoms with Crippen LogP contribution in [0.15, 0.2) is 24.4 Å². The number of benzene rings is 1. The van der Waals surface area contributed by atoms with Crippen LogP contribution in [0.3, 0.4) is 0 Å². The van der Waals surface area contributed by atoms with E-state index in [0.29, 0.717) is 10.9 Å². The molecule has 78 valence electrons. The molecule has 2 rings (SSSR count). The summed E-state index contributed by atoms with van der Waals surface area (Å²) in [5, 5.41) is 0.618. The van der Waals surface area contributed by atoms with Crippen molar-refractivity contribution in [2.45, 2.75) is 0 Å². The number of nitrogens with two attached hydrogens (primary N) is 1. The number of carbonyl (C=O) groups is 1. The summed E-state index contributed by atoms with van der Waals surface area (Å²) in [5.74, 6) is -0.522. The second-order valence-electron chi connectivity index (χ2n) is 3.44. The smallest absolute Gasteiger partial charge is 0.178 e. The predicted octanol–water partition coefficient (Wildman–Crippen LogP) is 1.46. The lowest BCUT2D eigenvalue weighted by Gasteiger charge is -1.96. The molecule has 0 amide bonds. The molecule has 0 fully saturated rings. The van der Waals surface area contributed by atoms with Gasteiger partial charge in [-0.15, -0.1) is 0 Å². The Kier molecular flexibility index (Phi) is 2.28. The van der Waals surface area contributed by atoms with Crippen LogP contribution < -0.4 is 5.73 Å². The first-order valence-electron chi connectivity index (χ1n) is 4.61. The normalized spacial score (nSPS) is 10.9. The van der Waals surface area contributed by atoms with Crippen molar-refractivity contribution in [3.8, 4) is 0 Å². The van der Waals surface area contributed by atoms with Crippen molar-refractivity contribution < 1.29 is 9.18 Å². The molecule has 4 heteroatoms. The average molecular weight is 206 g/mol. The Hall–Kier alpha value is -1.68. The van der Waals surface area contributed by atoms with Gasteiger partial charge in [-0.25, -0.2) is 4.39 Å². The first-order chi connectivity index (χ1) is 7.13. The zero-order valence-electron chi connectivity index (χ0n) is 8.33. The fourth-order valence-corrected chi connectivity index (χ4v) is 1.70. The Labute approximate surface area is 86.3 Å². The maximum absolute atomic E-state index is 13.0. The van der Waals surface area contributed by atoms with Crippen molar-refractivity contribution in [3.05, 3.63) is 35.8 Å². The molecule has 0 unspecified atom stereocenters. The largest absolute Gasteiger partial charge is 0.350 e. The molecule has 0 saturated heterocycles. The van der Waals surface area contributed by atoms with E-state index in [9.17, 15) is 9.18 Å². The summed E-state index contributed by atoms with van der Waals surface area (Å²) < 4.78 is 14.8. The summed E-state index contributed by atoms with van der Waals surface area (Å²) in [6.45, 7) is -0.0599. The average Bonchev–Trinajstić information content (AvgIpc) is 2.54. The Balaban J connectivity index is 2.75. The topological polar surface area (TPSA) is 48.0 Å². The van der Waals surface area contributed by atoms with Crippen LogP contribution in [0.5, 0.6) is 0 Å². The molecule has 0 aliphatic carbocycles. The zero-order chi connectivity index (χ0) is 11.0. The van der Waals surface area contributed by atoms with Crippen LogP contribution >= 0.6 is 0 Å². The summed E-state index contributed by atoms with van der Waals surface area (Å²) in [6, 6.07) is 4.38. The standard InChI is InChI=1S/C11H11FN2O/c1-14-6-9(11(15)5-13)8-4-7(12)2-3-10(8)14/h2-4,6H,5,13H2,1H3. The number of fused-ring (bicyclic) bond motifs is 1. The number of halogens is 1. The van der Waals surface area contributed by atoms with Gasteiger partial charge in [0, 0.05) is 29.7 Å². The molecule has 3 nitrogen and oxygen atoms in total. The maximum Gasteiger partial charge on any atom is 0.178 e. The molecule has 0 atom stereocenters. The number of Topliss-reactive ketones (excluding diaryl/α,β-unsaturated/α-hetero) is 1. The second kappa shape index (κ2) is 3.47. The molecule has 15 heavy (non-hydrogen) atoms. The number of nitrogens with zero attached hydrogens (tertiary/aromatic N) is 1. The van der Waals surface area contributed by atoms with Crippen molar-refractivity contribution >= 4 is 16.7 Å². The zero-order valence-corrected chi connectivity index (χ0v) is 8.33. The maximum atomic E-state index is 13.0. The number of hydrogen-bond acceptors (Lipinski definition) is 2. The van der Waals surface area contributed by atoms with E-state index in [0.717, 1.165) is 5.52 Å². The molecule has 0 bridgehead atoms. The number of ketones is 1. The van der Waals surface area contributed by atoms with E-state index in [1.807, 2.05) is 7.05 Å². The lowest BCUT2D eigenvalue weighted by molar-refractivity contribution is 0.100. The van der Waals surface area contributed by atoms with Gasteiger partial charge in [0.1, 0.15) is 5.82 Å². The van der Waals surface area contributed by atoms with Crippen LogP contribution in [0, 0.1) is 5.82 Å².